The molecule has 0 fully saturated rings. The van der Waals surface area contributed by atoms with Crippen LogP contribution in [0.5, 0.6) is 0 Å². The number of carbonyl (C=O) groups is 2. The number of ether oxygens (including phenoxy) is 1. The monoisotopic (exact) mass is 260 g/mol. The number of esters is 1. The Bertz CT molecular complexity index is 412. The van der Waals surface area contributed by atoms with Crippen molar-refractivity contribution in [1.29, 1.82) is 0 Å². The third kappa shape index (κ3) is 3.81. The molecular weight excluding hydrogens is 250 g/mol. The van der Waals surface area contributed by atoms with Crippen molar-refractivity contribution in [3.63, 3.8) is 0 Å². The number of rotatable bonds is 5. The second-order valence-corrected chi connectivity index (χ2v) is 4.01. The third-order valence-corrected chi connectivity index (χ3v) is 2.86. The minimum atomic E-state index is -0.860. The molecule has 17 heavy (non-hydrogen) atoms. The topological polar surface area (TPSA) is 43.4 Å². The lowest BCUT2D eigenvalue weighted by Gasteiger charge is -2.05. The maximum atomic E-state index is 13.4. The number of benzene rings is 1. The van der Waals surface area contributed by atoms with Gasteiger partial charge in [-0.25, -0.2) is 8.78 Å². The molecule has 0 aliphatic carbocycles. The Hall–Kier alpha value is -1.43. The summed E-state index contributed by atoms with van der Waals surface area (Å²) in [7, 11) is 0. The van der Waals surface area contributed by atoms with Gasteiger partial charge in [-0.15, -0.1) is 11.8 Å². The van der Waals surface area contributed by atoms with Gasteiger partial charge in [-0.3, -0.25) is 9.59 Å². The summed E-state index contributed by atoms with van der Waals surface area (Å²) in [6, 6.07) is 1.84. The molecule has 0 atom stereocenters. The lowest BCUT2D eigenvalue weighted by atomic mass is 10.2. The number of aldehydes is 1. The van der Waals surface area contributed by atoms with Crippen LogP contribution in [0.1, 0.15) is 17.3 Å². The molecule has 0 aromatic heterocycles. The molecule has 0 unspecified atom stereocenters. The van der Waals surface area contributed by atoms with Crippen LogP contribution in [-0.2, 0) is 9.53 Å². The van der Waals surface area contributed by atoms with Crippen molar-refractivity contribution >= 4 is 24.0 Å². The Kier molecular flexibility index (Phi) is 5.09. The van der Waals surface area contributed by atoms with Crippen molar-refractivity contribution in [2.75, 3.05) is 12.4 Å². The largest absolute Gasteiger partial charge is 0.465 e. The second kappa shape index (κ2) is 6.34. The molecule has 6 heteroatoms. The first-order valence-electron chi connectivity index (χ1n) is 4.81. The van der Waals surface area contributed by atoms with Crippen LogP contribution in [0.15, 0.2) is 17.0 Å². The molecule has 3 nitrogen and oxygen atoms in total. The molecule has 92 valence electrons. The van der Waals surface area contributed by atoms with Gasteiger partial charge < -0.3 is 4.74 Å². The van der Waals surface area contributed by atoms with E-state index in [1.807, 2.05) is 0 Å². The Balaban J connectivity index is 2.78. The first kappa shape index (κ1) is 13.6. The van der Waals surface area contributed by atoms with E-state index in [0.717, 1.165) is 12.1 Å². The van der Waals surface area contributed by atoms with Crippen molar-refractivity contribution in [1.82, 2.24) is 0 Å². The highest BCUT2D eigenvalue weighted by atomic mass is 32.2. The summed E-state index contributed by atoms with van der Waals surface area (Å²) in [6.07, 6.45) is 0.353. The zero-order chi connectivity index (χ0) is 12.8. The molecule has 0 amide bonds. The summed E-state index contributed by atoms with van der Waals surface area (Å²) >= 11 is 0.700. The van der Waals surface area contributed by atoms with Crippen molar-refractivity contribution in [3.8, 4) is 0 Å². The lowest BCUT2D eigenvalue weighted by molar-refractivity contribution is -0.139. The zero-order valence-electron chi connectivity index (χ0n) is 9.04. The van der Waals surface area contributed by atoms with E-state index in [4.69, 9.17) is 0 Å². The maximum absolute atomic E-state index is 13.4. The van der Waals surface area contributed by atoms with E-state index in [1.165, 1.54) is 0 Å². The minimum Gasteiger partial charge on any atom is -0.465 e. The van der Waals surface area contributed by atoms with Crippen molar-refractivity contribution in [2.45, 2.75) is 11.8 Å². The first-order valence-corrected chi connectivity index (χ1v) is 5.79. The van der Waals surface area contributed by atoms with Gasteiger partial charge in [0.25, 0.3) is 0 Å². The summed E-state index contributed by atoms with van der Waals surface area (Å²) in [5.41, 5.74) is -0.0829. The molecular formula is C11H10F2O3S. The van der Waals surface area contributed by atoms with E-state index in [2.05, 4.69) is 4.74 Å². The van der Waals surface area contributed by atoms with E-state index in [0.29, 0.717) is 18.0 Å². The molecule has 1 aromatic rings. The van der Waals surface area contributed by atoms with E-state index in [9.17, 15) is 18.4 Å². The van der Waals surface area contributed by atoms with Crippen LogP contribution in [0.2, 0.25) is 0 Å². The Morgan fingerprint density at radius 3 is 2.47 bits per heavy atom. The van der Waals surface area contributed by atoms with Gasteiger partial charge in [-0.2, -0.15) is 0 Å². The van der Waals surface area contributed by atoms with Crippen LogP contribution in [-0.4, -0.2) is 24.6 Å². The average molecular weight is 260 g/mol. The third-order valence-electron chi connectivity index (χ3n) is 1.80. The summed E-state index contributed by atoms with van der Waals surface area (Å²) in [5, 5.41) is 0. The number of hydrogen-bond donors (Lipinski definition) is 0. The molecule has 1 rings (SSSR count). The van der Waals surface area contributed by atoms with E-state index in [1.54, 1.807) is 6.92 Å². The van der Waals surface area contributed by atoms with Crippen molar-refractivity contribution in [2.24, 2.45) is 0 Å². The normalized spacial score (nSPS) is 10.1. The maximum Gasteiger partial charge on any atom is 0.316 e. The number of thioether (sulfide) groups is 1. The smallest absolute Gasteiger partial charge is 0.316 e. The zero-order valence-corrected chi connectivity index (χ0v) is 9.85. The van der Waals surface area contributed by atoms with Crippen LogP contribution in [0.25, 0.3) is 0 Å². The molecule has 0 aliphatic heterocycles. The summed E-state index contributed by atoms with van der Waals surface area (Å²) in [5.74, 6) is -2.44. The molecule has 0 radical (unpaired) electrons. The first-order chi connectivity index (χ1) is 8.08. The highest BCUT2D eigenvalue weighted by Crippen LogP contribution is 2.26. The van der Waals surface area contributed by atoms with Gasteiger partial charge in [0.1, 0.15) is 17.9 Å². The second-order valence-electron chi connectivity index (χ2n) is 3.03. The Morgan fingerprint density at radius 2 is 2.00 bits per heavy atom. The Morgan fingerprint density at radius 1 is 1.41 bits per heavy atom. The van der Waals surface area contributed by atoms with Crippen LogP contribution in [0, 0.1) is 11.6 Å². The van der Waals surface area contributed by atoms with Gasteiger partial charge in [-0.05, 0) is 19.1 Å². The van der Waals surface area contributed by atoms with Gasteiger partial charge >= 0.3 is 5.97 Å². The molecule has 0 aliphatic rings. The minimum absolute atomic E-state index is 0.0829. The van der Waals surface area contributed by atoms with Gasteiger partial charge in [0, 0.05) is 5.56 Å². The fourth-order valence-electron chi connectivity index (χ4n) is 1.12. The summed E-state index contributed by atoms with van der Waals surface area (Å²) in [4.78, 5) is 21.1. The fourth-order valence-corrected chi connectivity index (χ4v) is 1.86. The van der Waals surface area contributed by atoms with Gasteiger partial charge in [0.05, 0.1) is 17.3 Å². The number of halogens is 2. The van der Waals surface area contributed by atoms with Gasteiger partial charge in [-0.1, -0.05) is 0 Å². The fraction of sp³-hybridized carbons (Fsp3) is 0.273. The predicted molar refractivity (Wildman–Crippen MR) is 59.1 cm³/mol. The quantitative estimate of drug-likeness (QED) is 0.463. The molecule has 0 heterocycles. The Labute approximate surface area is 101 Å². The van der Waals surface area contributed by atoms with Crippen LogP contribution in [0.3, 0.4) is 0 Å². The SMILES string of the molecule is CCOC(=O)CSc1c(F)cc(C=O)cc1F. The highest BCUT2D eigenvalue weighted by Gasteiger charge is 2.13. The number of hydrogen-bond acceptors (Lipinski definition) is 4. The predicted octanol–water partition coefficient (Wildman–Crippen LogP) is 2.43. The molecule has 0 saturated heterocycles. The molecule has 0 N–H and O–H groups in total. The number of carbonyl (C=O) groups excluding carboxylic acids is 2. The lowest BCUT2D eigenvalue weighted by Crippen LogP contribution is -2.07. The molecule has 0 saturated carbocycles. The van der Waals surface area contributed by atoms with E-state index < -0.39 is 17.6 Å². The summed E-state index contributed by atoms with van der Waals surface area (Å²) < 4.78 is 31.4. The average Bonchev–Trinajstić information content (AvgIpc) is 2.28. The summed E-state index contributed by atoms with van der Waals surface area (Å²) in [6.45, 7) is 1.86. The van der Waals surface area contributed by atoms with Crippen molar-refractivity contribution in [3.05, 3.63) is 29.3 Å². The van der Waals surface area contributed by atoms with Crippen LogP contribution < -0.4 is 0 Å². The van der Waals surface area contributed by atoms with Gasteiger partial charge in [0.2, 0.25) is 0 Å². The molecule has 1 aromatic carbocycles. The molecule has 0 spiro atoms. The highest BCUT2D eigenvalue weighted by molar-refractivity contribution is 8.00. The van der Waals surface area contributed by atoms with Crippen LogP contribution in [0.4, 0.5) is 8.78 Å². The van der Waals surface area contributed by atoms with Crippen LogP contribution >= 0.6 is 11.8 Å². The van der Waals surface area contributed by atoms with E-state index >= 15 is 0 Å². The molecule has 0 bridgehead atoms. The van der Waals surface area contributed by atoms with Gasteiger partial charge in [0.15, 0.2) is 0 Å². The standard InChI is InChI=1S/C11H10F2O3S/c1-2-16-10(15)6-17-11-8(12)3-7(5-14)4-9(11)13/h3-5H,2,6H2,1H3. The van der Waals surface area contributed by atoms with E-state index in [-0.39, 0.29) is 22.8 Å². The van der Waals surface area contributed by atoms with Crippen molar-refractivity contribution < 1.29 is 23.1 Å².